The standard InChI is InChI=1S/C22H48NO4P/c1-6-7-8-9-10-11-12-13-14-15-16-17-18-19-20-26-28(24,25)27-22(2)21-23(3,4)5/h22H,6-21H2,1-5H3/p+1. The maximum atomic E-state index is 11.9. The van der Waals surface area contributed by atoms with E-state index in [9.17, 15) is 9.46 Å². The molecule has 0 aromatic carbocycles. The molecule has 28 heavy (non-hydrogen) atoms. The van der Waals surface area contributed by atoms with Crippen LogP contribution in [0.25, 0.3) is 0 Å². The zero-order valence-electron chi connectivity index (χ0n) is 19.5. The first-order valence-electron chi connectivity index (χ1n) is 11.6. The molecule has 0 fully saturated rings. The second kappa shape index (κ2) is 16.8. The first-order chi connectivity index (χ1) is 13.2. The average Bonchev–Trinajstić information content (AvgIpc) is 2.56. The van der Waals surface area contributed by atoms with Gasteiger partial charge < -0.3 is 9.38 Å². The second-order valence-corrected chi connectivity index (χ2v) is 10.7. The minimum Gasteiger partial charge on any atom is -0.329 e. The van der Waals surface area contributed by atoms with Gasteiger partial charge in [-0.15, -0.1) is 0 Å². The van der Waals surface area contributed by atoms with Crippen molar-refractivity contribution >= 4 is 7.82 Å². The Morgan fingerprint density at radius 2 is 1.18 bits per heavy atom. The van der Waals surface area contributed by atoms with Gasteiger partial charge in [-0.2, -0.15) is 0 Å². The molecule has 0 saturated heterocycles. The van der Waals surface area contributed by atoms with Gasteiger partial charge in [-0.1, -0.05) is 90.4 Å². The van der Waals surface area contributed by atoms with Crippen molar-refractivity contribution in [2.75, 3.05) is 34.3 Å². The molecular weight excluding hydrogens is 373 g/mol. The molecule has 0 aromatic heterocycles. The van der Waals surface area contributed by atoms with E-state index < -0.39 is 7.82 Å². The zero-order chi connectivity index (χ0) is 21.3. The molecule has 0 aromatic rings. The van der Waals surface area contributed by atoms with Crippen molar-refractivity contribution in [3.8, 4) is 0 Å². The normalized spacial score (nSPS) is 15.5. The summed E-state index contributed by atoms with van der Waals surface area (Å²) < 4.78 is 22.9. The van der Waals surface area contributed by atoms with Crippen LogP contribution in [0.1, 0.15) is 104 Å². The van der Waals surface area contributed by atoms with Gasteiger partial charge in [0.2, 0.25) is 0 Å². The SMILES string of the molecule is CCCCCCCCCCCCCCCCOP(=O)(O)OC(C)C[N+](C)(C)C. The van der Waals surface area contributed by atoms with Crippen molar-refractivity contribution in [2.45, 2.75) is 110 Å². The molecule has 0 aliphatic heterocycles. The summed E-state index contributed by atoms with van der Waals surface area (Å²) in [5, 5.41) is 0. The van der Waals surface area contributed by atoms with Crippen LogP contribution in [0.5, 0.6) is 0 Å². The molecular formula is C22H49NO4P+. The lowest BCUT2D eigenvalue weighted by molar-refractivity contribution is -0.873. The van der Waals surface area contributed by atoms with Gasteiger partial charge in [-0.25, -0.2) is 4.57 Å². The third kappa shape index (κ3) is 20.8. The Kier molecular flexibility index (Phi) is 16.9. The minimum atomic E-state index is -3.93. The molecule has 0 aliphatic rings. The van der Waals surface area contributed by atoms with Crippen LogP contribution in [0.2, 0.25) is 0 Å². The van der Waals surface area contributed by atoms with Crippen molar-refractivity contribution in [3.05, 3.63) is 0 Å². The van der Waals surface area contributed by atoms with Gasteiger partial charge in [0.1, 0.15) is 12.6 Å². The highest BCUT2D eigenvalue weighted by atomic mass is 31.2. The Bertz CT molecular complexity index is 398. The number of unbranched alkanes of at least 4 members (excludes halogenated alkanes) is 13. The molecule has 170 valence electrons. The Labute approximate surface area is 175 Å². The van der Waals surface area contributed by atoms with Crippen LogP contribution in [0.3, 0.4) is 0 Å². The van der Waals surface area contributed by atoms with Crippen LogP contribution < -0.4 is 0 Å². The van der Waals surface area contributed by atoms with Gasteiger partial charge in [-0.3, -0.25) is 9.05 Å². The quantitative estimate of drug-likeness (QED) is 0.135. The van der Waals surface area contributed by atoms with E-state index in [1.54, 1.807) is 0 Å². The molecule has 5 nitrogen and oxygen atoms in total. The molecule has 0 spiro atoms. The van der Waals surface area contributed by atoms with Crippen molar-refractivity contribution in [2.24, 2.45) is 0 Å². The summed E-state index contributed by atoms with van der Waals surface area (Å²) in [5.41, 5.74) is 0. The first-order valence-corrected chi connectivity index (χ1v) is 13.1. The van der Waals surface area contributed by atoms with Gasteiger partial charge in [0.25, 0.3) is 0 Å². The van der Waals surface area contributed by atoms with Crippen molar-refractivity contribution < 1.29 is 23.0 Å². The van der Waals surface area contributed by atoms with E-state index in [0.717, 1.165) is 12.8 Å². The summed E-state index contributed by atoms with van der Waals surface area (Å²) in [7, 11) is 2.15. The molecule has 0 heterocycles. The van der Waals surface area contributed by atoms with Gasteiger partial charge in [0, 0.05) is 0 Å². The van der Waals surface area contributed by atoms with Crippen molar-refractivity contribution in [1.29, 1.82) is 0 Å². The molecule has 1 N–H and O–H groups in total. The maximum absolute atomic E-state index is 11.9. The maximum Gasteiger partial charge on any atom is 0.472 e. The average molecular weight is 423 g/mol. The molecule has 0 bridgehead atoms. The molecule has 0 radical (unpaired) electrons. The van der Waals surface area contributed by atoms with Gasteiger partial charge in [-0.05, 0) is 13.3 Å². The Hall–Kier alpha value is 0.0700. The largest absolute Gasteiger partial charge is 0.472 e. The number of hydrogen-bond acceptors (Lipinski definition) is 3. The second-order valence-electron chi connectivity index (χ2n) is 9.29. The third-order valence-electron chi connectivity index (χ3n) is 4.87. The van der Waals surface area contributed by atoms with E-state index in [4.69, 9.17) is 9.05 Å². The first kappa shape index (κ1) is 28.1. The molecule has 0 rings (SSSR count). The molecule has 2 unspecified atom stereocenters. The smallest absolute Gasteiger partial charge is 0.329 e. The number of rotatable bonds is 20. The number of quaternary nitrogens is 1. The molecule has 0 aliphatic carbocycles. The van der Waals surface area contributed by atoms with Crippen LogP contribution in [0.15, 0.2) is 0 Å². The van der Waals surface area contributed by atoms with Crippen LogP contribution >= 0.6 is 7.82 Å². The number of nitrogens with zero attached hydrogens (tertiary/aromatic N) is 1. The molecule has 6 heteroatoms. The fourth-order valence-electron chi connectivity index (χ4n) is 3.54. The lowest BCUT2D eigenvalue weighted by atomic mass is 10.0. The van der Waals surface area contributed by atoms with Crippen LogP contribution in [0.4, 0.5) is 0 Å². The number of hydrogen-bond donors (Lipinski definition) is 1. The van der Waals surface area contributed by atoms with Crippen LogP contribution in [0, 0.1) is 0 Å². The molecule has 2 atom stereocenters. The summed E-state index contributed by atoms with van der Waals surface area (Å²) in [6.07, 6.45) is 17.7. The third-order valence-corrected chi connectivity index (χ3v) is 6.01. The van der Waals surface area contributed by atoms with Gasteiger partial charge in [0.05, 0.1) is 27.7 Å². The highest BCUT2D eigenvalue weighted by Gasteiger charge is 2.27. The fraction of sp³-hybridized carbons (Fsp3) is 1.00. The highest BCUT2D eigenvalue weighted by molar-refractivity contribution is 7.47. The number of phosphoric ester groups is 1. The van der Waals surface area contributed by atoms with E-state index in [2.05, 4.69) is 6.92 Å². The van der Waals surface area contributed by atoms with E-state index >= 15 is 0 Å². The predicted octanol–water partition coefficient (Wildman–Crippen LogP) is 6.70. The van der Waals surface area contributed by atoms with Crippen molar-refractivity contribution in [3.63, 3.8) is 0 Å². The van der Waals surface area contributed by atoms with E-state index in [0.29, 0.717) is 17.6 Å². The summed E-state index contributed by atoms with van der Waals surface area (Å²) >= 11 is 0. The van der Waals surface area contributed by atoms with Crippen molar-refractivity contribution in [1.82, 2.24) is 0 Å². The monoisotopic (exact) mass is 422 g/mol. The van der Waals surface area contributed by atoms with Crippen LogP contribution in [-0.2, 0) is 13.6 Å². The van der Waals surface area contributed by atoms with Crippen LogP contribution in [-0.4, -0.2) is 49.8 Å². The van der Waals surface area contributed by atoms with Gasteiger partial charge in [0.15, 0.2) is 0 Å². The molecule has 0 saturated carbocycles. The lowest BCUT2D eigenvalue weighted by Crippen LogP contribution is -2.41. The highest BCUT2D eigenvalue weighted by Crippen LogP contribution is 2.44. The summed E-state index contributed by atoms with van der Waals surface area (Å²) in [4.78, 5) is 9.79. The van der Waals surface area contributed by atoms with E-state index in [1.807, 2.05) is 28.1 Å². The zero-order valence-corrected chi connectivity index (χ0v) is 20.4. The number of phosphoric acid groups is 1. The molecule has 0 amide bonds. The summed E-state index contributed by atoms with van der Waals surface area (Å²) in [6.45, 7) is 5.03. The topological polar surface area (TPSA) is 55.8 Å². The fourth-order valence-corrected chi connectivity index (χ4v) is 4.48. The summed E-state index contributed by atoms with van der Waals surface area (Å²) in [6, 6.07) is 0. The minimum absolute atomic E-state index is 0.295. The Morgan fingerprint density at radius 3 is 1.57 bits per heavy atom. The Morgan fingerprint density at radius 1 is 0.786 bits per heavy atom. The Balaban J connectivity index is 3.43. The van der Waals surface area contributed by atoms with E-state index in [1.165, 1.54) is 77.0 Å². The number of likely N-dealkylation sites (N-methyl/N-ethyl adjacent to an activating group) is 1. The van der Waals surface area contributed by atoms with E-state index in [-0.39, 0.29) is 6.10 Å². The van der Waals surface area contributed by atoms with Gasteiger partial charge >= 0.3 is 7.82 Å². The lowest BCUT2D eigenvalue weighted by Gasteiger charge is -2.28. The predicted molar refractivity (Wildman–Crippen MR) is 120 cm³/mol. The summed E-state index contributed by atoms with van der Waals surface area (Å²) in [5.74, 6) is 0.